The van der Waals surface area contributed by atoms with Gasteiger partial charge < -0.3 is 9.88 Å². The normalized spacial score (nSPS) is 14.4. The lowest BCUT2D eigenvalue weighted by molar-refractivity contribution is -0.121. The van der Waals surface area contributed by atoms with Gasteiger partial charge in [-0.05, 0) is 43.9 Å². The summed E-state index contributed by atoms with van der Waals surface area (Å²) < 4.78 is 1.97. The van der Waals surface area contributed by atoms with Crippen LogP contribution in [0.3, 0.4) is 0 Å². The molecule has 1 aromatic heterocycles. The molecule has 0 saturated heterocycles. The SMILES string of the molecule is CC(C)Cn1c(SC(C)C(=O)NC(C)(C#N)C(C)C)nnc1-c1ccc(Cl)cc1Cl. The molecule has 1 N–H and O–H groups in total. The van der Waals surface area contributed by atoms with Gasteiger partial charge in [0.2, 0.25) is 5.91 Å². The summed E-state index contributed by atoms with van der Waals surface area (Å²) in [4.78, 5) is 12.8. The number of nitrogens with one attached hydrogen (secondary N) is 1. The Morgan fingerprint density at radius 1 is 1.27 bits per heavy atom. The van der Waals surface area contributed by atoms with Crippen molar-refractivity contribution in [2.45, 2.75) is 64.0 Å². The highest BCUT2D eigenvalue weighted by atomic mass is 35.5. The summed E-state index contributed by atoms with van der Waals surface area (Å²) in [5, 5.41) is 22.2. The lowest BCUT2D eigenvalue weighted by Gasteiger charge is -2.28. The molecule has 0 aliphatic carbocycles. The fraction of sp³-hybridized carbons (Fsp3) is 0.524. The van der Waals surface area contributed by atoms with Crippen LogP contribution in [0.4, 0.5) is 0 Å². The number of carbonyl (C=O) groups is 1. The van der Waals surface area contributed by atoms with E-state index in [0.29, 0.717) is 33.5 Å². The highest BCUT2D eigenvalue weighted by Crippen LogP contribution is 2.33. The molecule has 2 unspecified atom stereocenters. The van der Waals surface area contributed by atoms with Gasteiger partial charge >= 0.3 is 0 Å². The standard InChI is InChI=1S/C21H27Cl2N5OS/c1-12(2)10-28-18(16-8-7-15(22)9-17(16)23)26-27-20(28)30-14(5)19(29)25-21(6,11-24)13(3)4/h7-9,12-14H,10H2,1-6H3,(H,25,29). The Balaban J connectivity index is 2.32. The number of benzene rings is 1. The van der Waals surface area contributed by atoms with Crippen LogP contribution in [0, 0.1) is 23.2 Å². The Morgan fingerprint density at radius 3 is 2.47 bits per heavy atom. The maximum absolute atomic E-state index is 12.8. The molecule has 0 radical (unpaired) electrons. The van der Waals surface area contributed by atoms with Gasteiger partial charge in [0.15, 0.2) is 11.0 Å². The lowest BCUT2D eigenvalue weighted by Crippen LogP contribution is -2.51. The predicted octanol–water partition coefficient (Wildman–Crippen LogP) is 5.44. The zero-order valence-electron chi connectivity index (χ0n) is 18.0. The largest absolute Gasteiger partial charge is 0.337 e. The molecule has 9 heteroatoms. The van der Waals surface area contributed by atoms with Crippen molar-refractivity contribution in [3.63, 3.8) is 0 Å². The number of hydrogen-bond donors (Lipinski definition) is 1. The monoisotopic (exact) mass is 467 g/mol. The second kappa shape index (κ2) is 10.0. The van der Waals surface area contributed by atoms with E-state index in [4.69, 9.17) is 23.2 Å². The van der Waals surface area contributed by atoms with Crippen LogP contribution < -0.4 is 5.32 Å². The molecule has 6 nitrogen and oxygen atoms in total. The number of halogens is 2. The minimum atomic E-state index is -0.931. The van der Waals surface area contributed by atoms with Gasteiger partial charge in [0.25, 0.3) is 0 Å². The molecule has 1 aromatic carbocycles. The number of nitrogens with zero attached hydrogens (tertiary/aromatic N) is 4. The van der Waals surface area contributed by atoms with Gasteiger partial charge in [-0.3, -0.25) is 4.79 Å². The minimum Gasteiger partial charge on any atom is -0.337 e. The quantitative estimate of drug-likeness (QED) is 0.522. The molecule has 0 aliphatic heterocycles. The van der Waals surface area contributed by atoms with Gasteiger partial charge in [-0.2, -0.15) is 5.26 Å². The number of rotatable bonds is 8. The van der Waals surface area contributed by atoms with Crippen LogP contribution in [0.2, 0.25) is 10.0 Å². The molecule has 0 bridgehead atoms. The van der Waals surface area contributed by atoms with E-state index < -0.39 is 10.8 Å². The number of hydrogen-bond acceptors (Lipinski definition) is 5. The smallest absolute Gasteiger partial charge is 0.234 e. The molecule has 0 saturated carbocycles. The fourth-order valence-corrected chi connectivity index (χ4v) is 4.00. The zero-order valence-corrected chi connectivity index (χ0v) is 20.4. The number of thioether (sulfide) groups is 1. The summed E-state index contributed by atoms with van der Waals surface area (Å²) in [6, 6.07) is 7.45. The molecule has 0 fully saturated rings. The Labute approximate surface area is 192 Å². The fourth-order valence-electron chi connectivity index (χ4n) is 2.65. The van der Waals surface area contributed by atoms with E-state index in [-0.39, 0.29) is 11.8 Å². The molecule has 2 rings (SSSR count). The third kappa shape index (κ3) is 5.69. The Hall–Kier alpha value is -1.75. The van der Waals surface area contributed by atoms with E-state index in [1.54, 1.807) is 26.0 Å². The Bertz CT molecular complexity index is 953. The summed E-state index contributed by atoms with van der Waals surface area (Å²) in [5.41, 5.74) is -0.200. The van der Waals surface area contributed by atoms with Crippen LogP contribution in [0.5, 0.6) is 0 Å². The summed E-state index contributed by atoms with van der Waals surface area (Å²) in [6.07, 6.45) is 0. The van der Waals surface area contributed by atoms with Crippen molar-refractivity contribution in [2.24, 2.45) is 11.8 Å². The number of nitriles is 1. The van der Waals surface area contributed by atoms with Crippen molar-refractivity contribution in [3.8, 4) is 17.5 Å². The van der Waals surface area contributed by atoms with E-state index >= 15 is 0 Å². The van der Waals surface area contributed by atoms with Crippen molar-refractivity contribution in [1.29, 1.82) is 5.26 Å². The second-order valence-corrected chi connectivity index (χ2v) is 10.3. The first kappa shape index (κ1) is 24.5. The molecule has 2 aromatic rings. The third-order valence-electron chi connectivity index (χ3n) is 4.86. The first-order valence-electron chi connectivity index (χ1n) is 9.77. The van der Waals surface area contributed by atoms with Gasteiger partial charge in [0, 0.05) is 17.1 Å². The highest BCUT2D eigenvalue weighted by Gasteiger charge is 2.32. The molecular weight excluding hydrogens is 441 g/mol. The molecule has 162 valence electrons. The number of aromatic nitrogens is 3. The van der Waals surface area contributed by atoms with Crippen molar-refractivity contribution < 1.29 is 4.79 Å². The van der Waals surface area contributed by atoms with Gasteiger partial charge in [-0.1, -0.05) is 62.7 Å². The van der Waals surface area contributed by atoms with Gasteiger partial charge in [0.05, 0.1) is 16.3 Å². The van der Waals surface area contributed by atoms with Crippen LogP contribution in [0.25, 0.3) is 11.4 Å². The first-order chi connectivity index (χ1) is 14.0. The zero-order chi connectivity index (χ0) is 22.6. The van der Waals surface area contributed by atoms with Gasteiger partial charge in [0.1, 0.15) is 5.54 Å². The molecule has 1 amide bonds. The molecule has 1 heterocycles. The van der Waals surface area contributed by atoms with Crippen molar-refractivity contribution in [1.82, 2.24) is 20.1 Å². The van der Waals surface area contributed by atoms with Crippen molar-refractivity contribution in [3.05, 3.63) is 28.2 Å². The summed E-state index contributed by atoms with van der Waals surface area (Å²) in [6.45, 7) is 12.2. The van der Waals surface area contributed by atoms with E-state index in [9.17, 15) is 10.1 Å². The Morgan fingerprint density at radius 2 is 1.93 bits per heavy atom. The van der Waals surface area contributed by atoms with Crippen LogP contribution in [-0.2, 0) is 11.3 Å². The summed E-state index contributed by atoms with van der Waals surface area (Å²) in [7, 11) is 0. The highest BCUT2D eigenvalue weighted by molar-refractivity contribution is 8.00. The third-order valence-corrected chi connectivity index (χ3v) is 6.49. The minimum absolute atomic E-state index is 0.0214. The second-order valence-electron chi connectivity index (χ2n) is 8.15. The lowest BCUT2D eigenvalue weighted by atomic mass is 9.90. The van der Waals surface area contributed by atoms with E-state index in [1.165, 1.54) is 11.8 Å². The summed E-state index contributed by atoms with van der Waals surface area (Å²) >= 11 is 13.7. The van der Waals surface area contributed by atoms with Gasteiger partial charge in [-0.25, -0.2) is 0 Å². The van der Waals surface area contributed by atoms with Crippen LogP contribution in [-0.4, -0.2) is 31.5 Å². The Kier molecular flexibility index (Phi) is 8.20. The first-order valence-corrected chi connectivity index (χ1v) is 11.4. The van der Waals surface area contributed by atoms with E-state index in [2.05, 4.69) is 35.4 Å². The predicted molar refractivity (Wildman–Crippen MR) is 123 cm³/mol. The van der Waals surface area contributed by atoms with Crippen LogP contribution >= 0.6 is 35.0 Å². The number of amides is 1. The molecule has 0 spiro atoms. The topological polar surface area (TPSA) is 83.6 Å². The van der Waals surface area contributed by atoms with Gasteiger partial charge in [-0.15, -0.1) is 10.2 Å². The molecule has 2 atom stereocenters. The molecular formula is C21H27Cl2N5OS. The maximum Gasteiger partial charge on any atom is 0.234 e. The average Bonchev–Trinajstić information content (AvgIpc) is 3.02. The van der Waals surface area contributed by atoms with E-state index in [0.717, 1.165) is 5.56 Å². The van der Waals surface area contributed by atoms with Crippen molar-refractivity contribution >= 4 is 40.9 Å². The van der Waals surface area contributed by atoms with Crippen LogP contribution in [0.1, 0.15) is 41.5 Å². The summed E-state index contributed by atoms with van der Waals surface area (Å²) in [5.74, 6) is 0.719. The van der Waals surface area contributed by atoms with Crippen molar-refractivity contribution in [2.75, 3.05) is 0 Å². The van der Waals surface area contributed by atoms with E-state index in [1.807, 2.05) is 24.5 Å². The van der Waals surface area contributed by atoms with Crippen LogP contribution in [0.15, 0.2) is 23.4 Å². The molecule has 30 heavy (non-hydrogen) atoms. The number of carbonyl (C=O) groups excluding carboxylic acids is 1. The maximum atomic E-state index is 12.8. The molecule has 0 aliphatic rings. The average molecular weight is 468 g/mol.